The summed E-state index contributed by atoms with van der Waals surface area (Å²) >= 11 is 0. The Morgan fingerprint density at radius 2 is 1.80 bits per heavy atom. The van der Waals surface area contributed by atoms with Crippen molar-refractivity contribution in [1.29, 1.82) is 0 Å². The lowest BCUT2D eigenvalue weighted by Gasteiger charge is -2.11. The van der Waals surface area contributed by atoms with Gasteiger partial charge < -0.3 is 5.11 Å². The molecule has 7 heteroatoms. The number of rotatable bonds is 3. The first-order chi connectivity index (χ1) is 9.29. The first-order valence-corrected chi connectivity index (χ1v) is 7.05. The van der Waals surface area contributed by atoms with Gasteiger partial charge in [0.05, 0.1) is 5.69 Å². The van der Waals surface area contributed by atoms with Crippen molar-refractivity contribution in [2.24, 2.45) is 0 Å². The second kappa shape index (κ2) is 5.09. The molecular weight excluding hydrogens is 288 g/mol. The van der Waals surface area contributed by atoms with Crippen molar-refractivity contribution in [2.75, 3.05) is 4.72 Å². The Balaban J connectivity index is 2.43. The molecule has 0 bridgehead atoms. The molecule has 0 heterocycles. The largest absolute Gasteiger partial charge is 0.506 e. The molecule has 0 unspecified atom stereocenters. The maximum Gasteiger partial charge on any atom is 0.264 e. The lowest BCUT2D eigenvalue weighted by atomic mass is 10.2. The standard InChI is InChI=1S/C13H11F2NO3S/c1-8-2-4-12(17)11(6-8)16-20(18,19)13-5-3-9(14)7-10(13)15/h2-7,16-17H,1H3. The molecule has 0 atom stereocenters. The number of phenols is 1. The van der Waals surface area contributed by atoms with Crippen LogP contribution in [-0.4, -0.2) is 13.5 Å². The third-order valence-electron chi connectivity index (χ3n) is 2.58. The number of aromatic hydroxyl groups is 1. The normalized spacial score (nSPS) is 11.3. The molecule has 106 valence electrons. The fourth-order valence-electron chi connectivity index (χ4n) is 1.62. The van der Waals surface area contributed by atoms with Gasteiger partial charge in [0.2, 0.25) is 0 Å². The summed E-state index contributed by atoms with van der Waals surface area (Å²) in [7, 11) is -4.25. The Morgan fingerprint density at radius 3 is 2.45 bits per heavy atom. The van der Waals surface area contributed by atoms with Gasteiger partial charge >= 0.3 is 0 Å². The molecule has 0 saturated carbocycles. The third-order valence-corrected chi connectivity index (χ3v) is 3.98. The van der Waals surface area contributed by atoms with Gasteiger partial charge in [-0.1, -0.05) is 6.07 Å². The summed E-state index contributed by atoms with van der Waals surface area (Å²) in [5, 5.41) is 9.58. The van der Waals surface area contributed by atoms with E-state index in [1.54, 1.807) is 13.0 Å². The van der Waals surface area contributed by atoms with Crippen molar-refractivity contribution in [1.82, 2.24) is 0 Å². The summed E-state index contributed by atoms with van der Waals surface area (Å²) < 4.78 is 52.4. The van der Waals surface area contributed by atoms with Crippen molar-refractivity contribution in [2.45, 2.75) is 11.8 Å². The van der Waals surface area contributed by atoms with Gasteiger partial charge in [-0.05, 0) is 36.8 Å². The zero-order chi connectivity index (χ0) is 14.9. The summed E-state index contributed by atoms with van der Waals surface area (Å²) in [6.45, 7) is 1.70. The monoisotopic (exact) mass is 299 g/mol. The molecule has 20 heavy (non-hydrogen) atoms. The molecule has 0 aliphatic carbocycles. The van der Waals surface area contributed by atoms with Crippen LogP contribution in [0.1, 0.15) is 5.56 Å². The number of phenolic OH excluding ortho intramolecular Hbond substituents is 1. The van der Waals surface area contributed by atoms with Crippen LogP contribution in [0.5, 0.6) is 5.75 Å². The number of halogens is 2. The second-order valence-electron chi connectivity index (χ2n) is 4.20. The molecule has 4 nitrogen and oxygen atoms in total. The van der Waals surface area contributed by atoms with E-state index in [2.05, 4.69) is 4.72 Å². The molecule has 2 N–H and O–H groups in total. The van der Waals surface area contributed by atoms with Crippen LogP contribution in [0.4, 0.5) is 14.5 Å². The first kappa shape index (κ1) is 14.3. The fraction of sp³-hybridized carbons (Fsp3) is 0.0769. The van der Waals surface area contributed by atoms with E-state index in [0.29, 0.717) is 11.6 Å². The highest BCUT2D eigenvalue weighted by Gasteiger charge is 2.20. The molecule has 2 rings (SSSR count). The van der Waals surface area contributed by atoms with Crippen LogP contribution >= 0.6 is 0 Å². The number of benzene rings is 2. The van der Waals surface area contributed by atoms with Gasteiger partial charge in [-0.2, -0.15) is 0 Å². The Bertz CT molecular complexity index is 760. The van der Waals surface area contributed by atoms with Crippen LogP contribution in [0.2, 0.25) is 0 Å². The van der Waals surface area contributed by atoms with Crippen molar-refractivity contribution in [3.05, 3.63) is 53.6 Å². The first-order valence-electron chi connectivity index (χ1n) is 5.57. The van der Waals surface area contributed by atoms with Crippen molar-refractivity contribution < 1.29 is 22.3 Å². The number of anilines is 1. The van der Waals surface area contributed by atoms with Crippen LogP contribution in [0.15, 0.2) is 41.3 Å². The van der Waals surface area contributed by atoms with Crippen molar-refractivity contribution in [3.63, 3.8) is 0 Å². The Morgan fingerprint density at radius 1 is 1.10 bits per heavy atom. The highest BCUT2D eigenvalue weighted by molar-refractivity contribution is 7.92. The second-order valence-corrected chi connectivity index (χ2v) is 5.85. The number of sulfonamides is 1. The predicted molar refractivity (Wildman–Crippen MR) is 70.0 cm³/mol. The molecule has 2 aromatic rings. The highest BCUT2D eigenvalue weighted by Crippen LogP contribution is 2.27. The molecular formula is C13H11F2NO3S. The zero-order valence-electron chi connectivity index (χ0n) is 10.4. The van der Waals surface area contributed by atoms with E-state index in [9.17, 15) is 22.3 Å². The molecule has 2 aromatic carbocycles. The van der Waals surface area contributed by atoms with Gasteiger partial charge in [0.25, 0.3) is 10.0 Å². The molecule has 0 amide bonds. The SMILES string of the molecule is Cc1ccc(O)c(NS(=O)(=O)c2ccc(F)cc2F)c1. The summed E-state index contributed by atoms with van der Waals surface area (Å²) in [6.07, 6.45) is 0. The fourth-order valence-corrected chi connectivity index (χ4v) is 2.75. The van der Waals surface area contributed by atoms with Crippen molar-refractivity contribution in [3.8, 4) is 5.75 Å². The maximum absolute atomic E-state index is 13.5. The Hall–Kier alpha value is -2.15. The van der Waals surface area contributed by atoms with E-state index in [1.165, 1.54) is 12.1 Å². The summed E-state index contributed by atoms with van der Waals surface area (Å²) in [5.41, 5.74) is 0.633. The van der Waals surface area contributed by atoms with E-state index in [1.807, 2.05) is 0 Å². The van der Waals surface area contributed by atoms with Crippen LogP contribution < -0.4 is 4.72 Å². The van der Waals surface area contributed by atoms with Gasteiger partial charge in [-0.25, -0.2) is 17.2 Å². The van der Waals surface area contributed by atoms with Gasteiger partial charge in [0, 0.05) is 6.07 Å². The maximum atomic E-state index is 13.5. The number of hydrogen-bond donors (Lipinski definition) is 2. The number of aryl methyl sites for hydroxylation is 1. The lowest BCUT2D eigenvalue weighted by Crippen LogP contribution is -2.15. The molecule has 0 radical (unpaired) electrons. The molecule has 0 aliphatic heterocycles. The lowest BCUT2D eigenvalue weighted by molar-refractivity contribution is 0.477. The van der Waals surface area contributed by atoms with E-state index < -0.39 is 26.6 Å². The minimum absolute atomic E-state index is 0.0753. The quantitative estimate of drug-likeness (QED) is 0.856. The van der Waals surface area contributed by atoms with E-state index >= 15 is 0 Å². The average Bonchev–Trinajstić information content (AvgIpc) is 2.33. The van der Waals surface area contributed by atoms with E-state index in [4.69, 9.17) is 0 Å². The molecule has 0 aromatic heterocycles. The minimum Gasteiger partial charge on any atom is -0.506 e. The van der Waals surface area contributed by atoms with E-state index in [-0.39, 0.29) is 11.4 Å². The third kappa shape index (κ3) is 2.88. The molecule has 0 fully saturated rings. The van der Waals surface area contributed by atoms with Crippen molar-refractivity contribution >= 4 is 15.7 Å². The number of hydrogen-bond acceptors (Lipinski definition) is 3. The highest BCUT2D eigenvalue weighted by atomic mass is 32.2. The smallest absolute Gasteiger partial charge is 0.264 e. The van der Waals surface area contributed by atoms with Crippen LogP contribution in [0.25, 0.3) is 0 Å². The van der Waals surface area contributed by atoms with Gasteiger partial charge in [0.15, 0.2) is 0 Å². The average molecular weight is 299 g/mol. The molecule has 0 saturated heterocycles. The van der Waals surface area contributed by atoms with Gasteiger partial charge in [0.1, 0.15) is 22.3 Å². The summed E-state index contributed by atoms with van der Waals surface area (Å²) in [6, 6.07) is 6.44. The van der Waals surface area contributed by atoms with Gasteiger partial charge in [-0.3, -0.25) is 4.72 Å². The van der Waals surface area contributed by atoms with Gasteiger partial charge in [-0.15, -0.1) is 0 Å². The minimum atomic E-state index is -4.25. The Kier molecular flexibility index (Phi) is 3.63. The topological polar surface area (TPSA) is 66.4 Å². The van der Waals surface area contributed by atoms with Crippen LogP contribution in [-0.2, 0) is 10.0 Å². The van der Waals surface area contributed by atoms with Crippen LogP contribution in [0, 0.1) is 18.6 Å². The summed E-state index contributed by atoms with van der Waals surface area (Å²) in [5.74, 6) is -2.37. The Labute approximate surface area is 114 Å². The molecule has 0 aliphatic rings. The zero-order valence-corrected chi connectivity index (χ0v) is 11.2. The van der Waals surface area contributed by atoms with Crippen LogP contribution in [0.3, 0.4) is 0 Å². The molecule has 0 spiro atoms. The summed E-state index contributed by atoms with van der Waals surface area (Å²) in [4.78, 5) is -0.695. The van der Waals surface area contributed by atoms with E-state index in [0.717, 1.165) is 12.1 Å². The number of nitrogens with one attached hydrogen (secondary N) is 1. The predicted octanol–water partition coefficient (Wildman–Crippen LogP) is 2.78.